The Hall–Kier alpha value is -2.94. The molecule has 4 rings (SSSR count). The Morgan fingerprint density at radius 2 is 1.84 bits per heavy atom. The minimum absolute atomic E-state index is 0.0623. The number of benzene rings is 2. The highest BCUT2D eigenvalue weighted by Crippen LogP contribution is 2.37. The van der Waals surface area contributed by atoms with Gasteiger partial charge < -0.3 is 25.2 Å². The standard InChI is InChI=1S/C28H36ClN5O3/c1-3-22(35)5-4-15-37-16-10-27(36)30-19-20-6-8-24-23(17-20)28(34-13-11-33(2)12-14-34)32-26-18-21(29)7-9-25(26)31-24/h6-9,17-18,31H,3-5,10-16,19H2,1-2H3,(H,30,36). The summed E-state index contributed by atoms with van der Waals surface area (Å²) in [7, 11) is 2.13. The number of hydrogen-bond donors (Lipinski definition) is 2. The first-order chi connectivity index (χ1) is 17.9. The highest BCUT2D eigenvalue weighted by Gasteiger charge is 2.24. The Morgan fingerprint density at radius 3 is 2.62 bits per heavy atom. The number of nitrogens with one attached hydrogen (secondary N) is 2. The minimum Gasteiger partial charge on any atom is -0.381 e. The molecule has 2 aliphatic rings. The van der Waals surface area contributed by atoms with E-state index >= 15 is 0 Å². The predicted molar refractivity (Wildman–Crippen MR) is 148 cm³/mol. The number of anilines is 2. The average molecular weight is 526 g/mol. The quantitative estimate of drug-likeness (QED) is 0.444. The number of ether oxygens (including phenoxy) is 1. The van der Waals surface area contributed by atoms with E-state index in [-0.39, 0.29) is 18.1 Å². The van der Waals surface area contributed by atoms with Gasteiger partial charge >= 0.3 is 0 Å². The third kappa shape index (κ3) is 7.53. The first-order valence-electron chi connectivity index (χ1n) is 13.0. The van der Waals surface area contributed by atoms with Gasteiger partial charge in [-0.25, -0.2) is 4.99 Å². The molecule has 0 spiro atoms. The van der Waals surface area contributed by atoms with Crippen LogP contribution >= 0.6 is 11.6 Å². The summed E-state index contributed by atoms with van der Waals surface area (Å²) in [5.74, 6) is 1.10. The van der Waals surface area contributed by atoms with Gasteiger partial charge in [-0.2, -0.15) is 0 Å². The summed E-state index contributed by atoms with van der Waals surface area (Å²) in [6.45, 7) is 6.85. The molecule has 1 amide bonds. The number of carbonyl (C=O) groups excluding carboxylic acids is 2. The van der Waals surface area contributed by atoms with Crippen molar-refractivity contribution in [2.24, 2.45) is 4.99 Å². The summed E-state index contributed by atoms with van der Waals surface area (Å²) in [6.07, 6.45) is 2.08. The third-order valence-electron chi connectivity index (χ3n) is 6.68. The lowest BCUT2D eigenvalue weighted by Crippen LogP contribution is -2.47. The molecule has 0 aliphatic carbocycles. The fourth-order valence-corrected chi connectivity index (χ4v) is 4.55. The molecule has 8 nitrogen and oxygen atoms in total. The molecule has 1 fully saturated rings. The van der Waals surface area contributed by atoms with E-state index in [0.717, 1.165) is 60.2 Å². The van der Waals surface area contributed by atoms with Crippen LogP contribution in [0.3, 0.4) is 0 Å². The molecule has 9 heteroatoms. The van der Waals surface area contributed by atoms with Crippen LogP contribution in [0.5, 0.6) is 0 Å². The van der Waals surface area contributed by atoms with E-state index in [1.54, 1.807) is 0 Å². The second-order valence-corrected chi connectivity index (χ2v) is 9.96. The summed E-state index contributed by atoms with van der Waals surface area (Å²) in [5.41, 5.74) is 4.71. The molecule has 2 heterocycles. The minimum atomic E-state index is -0.0623. The van der Waals surface area contributed by atoms with Gasteiger partial charge in [0.05, 0.1) is 18.0 Å². The van der Waals surface area contributed by atoms with Crippen molar-refractivity contribution in [3.63, 3.8) is 0 Å². The van der Waals surface area contributed by atoms with Crippen molar-refractivity contribution in [2.45, 2.75) is 39.2 Å². The monoisotopic (exact) mass is 525 g/mol. The number of fused-ring (bicyclic) bond motifs is 2. The van der Waals surface area contributed by atoms with Crippen LogP contribution in [0.1, 0.15) is 43.7 Å². The van der Waals surface area contributed by atoms with Crippen LogP contribution in [-0.2, 0) is 20.9 Å². The van der Waals surface area contributed by atoms with Gasteiger partial charge in [0.2, 0.25) is 5.91 Å². The van der Waals surface area contributed by atoms with Crippen LogP contribution in [0, 0.1) is 0 Å². The number of halogens is 1. The normalized spacial score (nSPS) is 15.2. The average Bonchev–Trinajstić information content (AvgIpc) is 3.06. The third-order valence-corrected chi connectivity index (χ3v) is 6.92. The largest absolute Gasteiger partial charge is 0.381 e. The lowest BCUT2D eigenvalue weighted by atomic mass is 10.1. The zero-order chi connectivity index (χ0) is 26.2. The molecular formula is C28H36ClN5O3. The fourth-order valence-electron chi connectivity index (χ4n) is 4.38. The highest BCUT2D eigenvalue weighted by molar-refractivity contribution is 6.31. The number of carbonyl (C=O) groups is 2. The first kappa shape index (κ1) is 27.1. The van der Waals surface area contributed by atoms with Crippen LogP contribution in [0.25, 0.3) is 0 Å². The van der Waals surface area contributed by atoms with E-state index in [0.29, 0.717) is 44.0 Å². The molecule has 2 aromatic rings. The maximum absolute atomic E-state index is 12.4. The molecule has 198 valence electrons. The number of piperazine rings is 1. The number of hydrogen-bond acceptors (Lipinski definition) is 7. The van der Waals surface area contributed by atoms with Crippen LogP contribution in [0.4, 0.5) is 17.1 Å². The Morgan fingerprint density at radius 1 is 1.05 bits per heavy atom. The van der Waals surface area contributed by atoms with Crippen LogP contribution in [0.15, 0.2) is 41.4 Å². The number of amidine groups is 1. The van der Waals surface area contributed by atoms with E-state index in [2.05, 4.69) is 33.5 Å². The summed E-state index contributed by atoms with van der Waals surface area (Å²) in [4.78, 5) is 33.4. The summed E-state index contributed by atoms with van der Waals surface area (Å²) >= 11 is 6.29. The van der Waals surface area contributed by atoms with Crippen molar-refractivity contribution >= 4 is 46.2 Å². The van der Waals surface area contributed by atoms with Gasteiger partial charge in [0.25, 0.3) is 0 Å². The van der Waals surface area contributed by atoms with Crippen LogP contribution in [0.2, 0.25) is 5.02 Å². The number of ketones is 1. The zero-order valence-corrected chi connectivity index (χ0v) is 22.4. The van der Waals surface area contributed by atoms with Gasteiger partial charge in [0, 0.05) is 74.9 Å². The lowest BCUT2D eigenvalue weighted by molar-refractivity contribution is -0.123. The van der Waals surface area contributed by atoms with Gasteiger partial charge in [0.15, 0.2) is 0 Å². The topological polar surface area (TPSA) is 86.3 Å². The fraction of sp³-hybridized carbons (Fsp3) is 0.464. The Balaban J connectivity index is 1.41. The van der Waals surface area contributed by atoms with Gasteiger partial charge in [-0.05, 0) is 49.4 Å². The number of nitrogens with zero attached hydrogens (tertiary/aromatic N) is 3. The molecular weight excluding hydrogens is 490 g/mol. The van der Waals surface area contributed by atoms with Crippen molar-refractivity contribution < 1.29 is 14.3 Å². The van der Waals surface area contributed by atoms with Crippen molar-refractivity contribution in [3.05, 3.63) is 52.5 Å². The molecule has 2 aliphatic heterocycles. The maximum Gasteiger partial charge on any atom is 0.222 e. The SMILES string of the molecule is CCC(=O)CCCOCCC(=O)NCc1ccc2c(c1)C(N1CCN(C)CC1)=Nc1cc(Cl)ccc1N2. The van der Waals surface area contributed by atoms with Gasteiger partial charge in [-0.3, -0.25) is 9.59 Å². The van der Waals surface area contributed by atoms with Gasteiger partial charge in [-0.1, -0.05) is 24.6 Å². The molecule has 2 N–H and O–H groups in total. The van der Waals surface area contributed by atoms with Crippen molar-refractivity contribution in [1.29, 1.82) is 0 Å². The second kappa shape index (κ2) is 13.0. The zero-order valence-electron chi connectivity index (χ0n) is 21.7. The molecule has 1 saturated heterocycles. The molecule has 0 radical (unpaired) electrons. The first-order valence-corrected chi connectivity index (χ1v) is 13.4. The molecule has 37 heavy (non-hydrogen) atoms. The van der Waals surface area contributed by atoms with Gasteiger partial charge in [0.1, 0.15) is 11.6 Å². The van der Waals surface area contributed by atoms with E-state index in [1.807, 2.05) is 37.3 Å². The Kier molecular flexibility index (Phi) is 9.55. The van der Waals surface area contributed by atoms with E-state index in [1.165, 1.54) is 0 Å². The predicted octanol–water partition coefficient (Wildman–Crippen LogP) is 4.50. The van der Waals surface area contributed by atoms with Crippen LogP contribution in [-0.4, -0.2) is 73.8 Å². The van der Waals surface area contributed by atoms with E-state index < -0.39 is 0 Å². The van der Waals surface area contributed by atoms with E-state index in [9.17, 15) is 9.59 Å². The van der Waals surface area contributed by atoms with Crippen molar-refractivity contribution in [2.75, 3.05) is 51.8 Å². The highest BCUT2D eigenvalue weighted by atomic mass is 35.5. The summed E-state index contributed by atoms with van der Waals surface area (Å²) in [6, 6.07) is 11.9. The molecule has 0 aromatic heterocycles. The Labute approximate surface area is 224 Å². The second-order valence-electron chi connectivity index (χ2n) is 9.53. The number of Topliss-reactive ketones (excluding diaryl/α,β-unsaturated/α-hetero) is 1. The number of rotatable bonds is 10. The molecule has 2 aromatic carbocycles. The number of likely N-dealkylation sites (N-methyl/N-ethyl adjacent to an activating group) is 1. The Bertz CT molecular complexity index is 1140. The van der Waals surface area contributed by atoms with Gasteiger partial charge in [-0.15, -0.1) is 0 Å². The van der Waals surface area contributed by atoms with Crippen LogP contribution < -0.4 is 10.6 Å². The number of aliphatic imine (C=N–C) groups is 1. The van der Waals surface area contributed by atoms with Crippen molar-refractivity contribution in [1.82, 2.24) is 15.1 Å². The smallest absolute Gasteiger partial charge is 0.222 e. The van der Waals surface area contributed by atoms with Crippen molar-refractivity contribution in [3.8, 4) is 0 Å². The number of amides is 1. The molecule has 0 bridgehead atoms. The summed E-state index contributed by atoms with van der Waals surface area (Å²) in [5, 5.41) is 7.16. The lowest BCUT2D eigenvalue weighted by Gasteiger charge is -2.35. The molecule has 0 unspecified atom stereocenters. The maximum atomic E-state index is 12.4. The molecule has 0 atom stereocenters. The van der Waals surface area contributed by atoms with E-state index in [4.69, 9.17) is 21.3 Å². The summed E-state index contributed by atoms with van der Waals surface area (Å²) < 4.78 is 5.51. The molecule has 0 saturated carbocycles.